The maximum Gasteiger partial charge on any atom is 0.308 e. The predicted octanol–water partition coefficient (Wildman–Crippen LogP) is 2.21. The van der Waals surface area contributed by atoms with Gasteiger partial charge >= 0.3 is 5.97 Å². The van der Waals surface area contributed by atoms with E-state index in [1.54, 1.807) is 19.1 Å². The Morgan fingerprint density at radius 3 is 2.46 bits per heavy atom. The summed E-state index contributed by atoms with van der Waals surface area (Å²) in [6.45, 7) is 5.55. The lowest BCUT2D eigenvalue weighted by Gasteiger charge is -2.32. The number of carbonyl (C=O) groups is 2. The minimum atomic E-state index is -0.516. The summed E-state index contributed by atoms with van der Waals surface area (Å²) in [7, 11) is 0. The number of nitrogens with one attached hydrogen (secondary N) is 2. The van der Waals surface area contributed by atoms with E-state index in [0.717, 1.165) is 13.1 Å². The van der Waals surface area contributed by atoms with Crippen molar-refractivity contribution in [3.8, 4) is 0 Å². The predicted molar refractivity (Wildman–Crippen MR) is 91.3 cm³/mol. The zero-order valence-electron chi connectivity index (χ0n) is 13.9. The third kappa shape index (κ3) is 5.46. The Bertz CT molecular complexity index is 549. The first kappa shape index (κ1) is 20.4. The molecule has 1 aliphatic rings. The summed E-state index contributed by atoms with van der Waals surface area (Å²) in [5.74, 6) is -0.674. The number of benzene rings is 1. The standard InChI is InChI=1S/C17H23FN2O3.ClH/c1-3-23-16(21)8-15(12-4-6-14(18)7-5-12)20-17(22)11(2)13-9-19-10-13;/h4-7,11,13,15,19H,3,8-10H2,1-2H3,(H,20,22);1H. The van der Waals surface area contributed by atoms with Gasteiger partial charge in [-0.1, -0.05) is 19.1 Å². The molecule has 5 nitrogen and oxygen atoms in total. The van der Waals surface area contributed by atoms with Gasteiger partial charge in [-0.2, -0.15) is 0 Å². The summed E-state index contributed by atoms with van der Waals surface area (Å²) in [5.41, 5.74) is 0.687. The minimum Gasteiger partial charge on any atom is -0.466 e. The van der Waals surface area contributed by atoms with Crippen molar-refractivity contribution >= 4 is 24.3 Å². The Kier molecular flexibility index (Phi) is 8.15. The Morgan fingerprint density at radius 1 is 1.33 bits per heavy atom. The second-order valence-electron chi connectivity index (χ2n) is 5.83. The summed E-state index contributed by atoms with van der Waals surface area (Å²) >= 11 is 0. The van der Waals surface area contributed by atoms with Crippen LogP contribution in [-0.4, -0.2) is 31.6 Å². The van der Waals surface area contributed by atoms with E-state index in [9.17, 15) is 14.0 Å². The van der Waals surface area contributed by atoms with Crippen LogP contribution < -0.4 is 10.6 Å². The van der Waals surface area contributed by atoms with Gasteiger partial charge in [0.25, 0.3) is 0 Å². The van der Waals surface area contributed by atoms with Crippen molar-refractivity contribution in [2.45, 2.75) is 26.3 Å². The van der Waals surface area contributed by atoms with E-state index in [2.05, 4.69) is 10.6 Å². The molecule has 0 radical (unpaired) electrons. The topological polar surface area (TPSA) is 67.4 Å². The van der Waals surface area contributed by atoms with Crippen LogP contribution in [0.15, 0.2) is 24.3 Å². The molecule has 2 N–H and O–H groups in total. The van der Waals surface area contributed by atoms with E-state index in [-0.39, 0.29) is 49.0 Å². The molecule has 2 unspecified atom stereocenters. The van der Waals surface area contributed by atoms with Gasteiger partial charge in [0.1, 0.15) is 5.82 Å². The third-order valence-corrected chi connectivity index (χ3v) is 4.20. The van der Waals surface area contributed by atoms with Crippen LogP contribution in [0.4, 0.5) is 4.39 Å². The Morgan fingerprint density at radius 2 is 1.96 bits per heavy atom. The van der Waals surface area contributed by atoms with Gasteiger partial charge in [0, 0.05) is 5.92 Å². The number of carbonyl (C=O) groups excluding carboxylic acids is 2. The first-order valence-corrected chi connectivity index (χ1v) is 7.93. The molecule has 0 spiro atoms. The van der Waals surface area contributed by atoms with Crippen LogP contribution in [0, 0.1) is 17.7 Å². The second-order valence-corrected chi connectivity index (χ2v) is 5.83. The number of amides is 1. The molecule has 1 saturated heterocycles. The zero-order valence-corrected chi connectivity index (χ0v) is 14.7. The quantitative estimate of drug-likeness (QED) is 0.733. The summed E-state index contributed by atoms with van der Waals surface area (Å²) in [6, 6.07) is 5.28. The van der Waals surface area contributed by atoms with Crippen LogP contribution in [0.2, 0.25) is 0 Å². The van der Waals surface area contributed by atoms with E-state index in [1.165, 1.54) is 12.1 Å². The summed E-state index contributed by atoms with van der Waals surface area (Å²) in [5, 5.41) is 6.04. The van der Waals surface area contributed by atoms with Gasteiger partial charge in [-0.05, 0) is 43.6 Å². The van der Waals surface area contributed by atoms with Crippen LogP contribution in [0.25, 0.3) is 0 Å². The van der Waals surface area contributed by atoms with Gasteiger partial charge in [-0.3, -0.25) is 9.59 Å². The van der Waals surface area contributed by atoms with Gasteiger partial charge in [0.05, 0.1) is 19.1 Å². The molecule has 1 aliphatic heterocycles. The average molecular weight is 359 g/mol. The van der Waals surface area contributed by atoms with Crippen molar-refractivity contribution in [1.29, 1.82) is 0 Å². The lowest BCUT2D eigenvalue weighted by molar-refractivity contribution is -0.144. The molecule has 7 heteroatoms. The average Bonchev–Trinajstić information content (AvgIpc) is 2.45. The molecule has 0 saturated carbocycles. The lowest BCUT2D eigenvalue weighted by Crippen LogP contribution is -2.50. The highest BCUT2D eigenvalue weighted by Gasteiger charge is 2.30. The maximum absolute atomic E-state index is 13.1. The fraction of sp³-hybridized carbons (Fsp3) is 0.529. The van der Waals surface area contributed by atoms with Crippen LogP contribution >= 0.6 is 12.4 Å². The molecule has 0 bridgehead atoms. The van der Waals surface area contributed by atoms with Crippen molar-refractivity contribution in [2.24, 2.45) is 11.8 Å². The Balaban J connectivity index is 0.00000288. The summed E-state index contributed by atoms with van der Waals surface area (Å²) in [4.78, 5) is 24.2. The molecule has 1 fully saturated rings. The van der Waals surface area contributed by atoms with Gasteiger partial charge in [-0.25, -0.2) is 4.39 Å². The third-order valence-electron chi connectivity index (χ3n) is 4.20. The van der Waals surface area contributed by atoms with Crippen LogP contribution in [-0.2, 0) is 14.3 Å². The highest BCUT2D eigenvalue weighted by atomic mass is 35.5. The van der Waals surface area contributed by atoms with E-state index in [4.69, 9.17) is 4.74 Å². The molecule has 1 amide bonds. The van der Waals surface area contributed by atoms with E-state index in [1.807, 2.05) is 6.92 Å². The molecule has 0 aliphatic carbocycles. The Hall–Kier alpha value is -1.66. The number of hydrogen-bond acceptors (Lipinski definition) is 4. The molecule has 1 heterocycles. The van der Waals surface area contributed by atoms with Crippen molar-refractivity contribution in [1.82, 2.24) is 10.6 Å². The Labute approximate surface area is 147 Å². The largest absolute Gasteiger partial charge is 0.466 e. The number of rotatable bonds is 7. The normalized spacial score (nSPS) is 16.3. The van der Waals surface area contributed by atoms with Gasteiger partial charge in [-0.15, -0.1) is 12.4 Å². The second kappa shape index (κ2) is 9.59. The molecular weight excluding hydrogens is 335 g/mol. The highest BCUT2D eigenvalue weighted by molar-refractivity contribution is 5.85. The molecule has 1 aromatic rings. The fourth-order valence-electron chi connectivity index (χ4n) is 2.52. The van der Waals surface area contributed by atoms with Crippen molar-refractivity contribution in [3.63, 3.8) is 0 Å². The van der Waals surface area contributed by atoms with Crippen LogP contribution in [0.1, 0.15) is 31.9 Å². The first-order chi connectivity index (χ1) is 11.0. The minimum absolute atomic E-state index is 0. The number of halogens is 2. The molecular formula is C17H24ClFN2O3. The van der Waals surface area contributed by atoms with E-state index >= 15 is 0 Å². The fourth-order valence-corrected chi connectivity index (χ4v) is 2.52. The van der Waals surface area contributed by atoms with Gasteiger partial charge < -0.3 is 15.4 Å². The molecule has 1 aromatic carbocycles. The molecule has 0 aromatic heterocycles. The number of hydrogen-bond donors (Lipinski definition) is 2. The monoisotopic (exact) mass is 358 g/mol. The maximum atomic E-state index is 13.1. The van der Waals surface area contributed by atoms with E-state index < -0.39 is 6.04 Å². The molecule has 2 atom stereocenters. The zero-order chi connectivity index (χ0) is 16.8. The van der Waals surface area contributed by atoms with Crippen LogP contribution in [0.3, 0.4) is 0 Å². The summed E-state index contributed by atoms with van der Waals surface area (Å²) < 4.78 is 18.1. The lowest BCUT2D eigenvalue weighted by atomic mass is 9.88. The number of esters is 1. The van der Waals surface area contributed by atoms with Crippen molar-refractivity contribution in [2.75, 3.05) is 19.7 Å². The van der Waals surface area contributed by atoms with Crippen LogP contribution in [0.5, 0.6) is 0 Å². The highest BCUT2D eigenvalue weighted by Crippen LogP contribution is 2.21. The SMILES string of the molecule is CCOC(=O)CC(NC(=O)C(C)C1CNC1)c1ccc(F)cc1.Cl. The van der Waals surface area contributed by atoms with Gasteiger partial charge in [0.2, 0.25) is 5.91 Å². The van der Waals surface area contributed by atoms with Crippen molar-refractivity contribution < 1.29 is 18.7 Å². The number of ether oxygens (including phenoxy) is 1. The van der Waals surface area contributed by atoms with Crippen molar-refractivity contribution in [3.05, 3.63) is 35.6 Å². The summed E-state index contributed by atoms with van der Waals surface area (Å²) in [6.07, 6.45) is 0.0286. The first-order valence-electron chi connectivity index (χ1n) is 7.93. The molecule has 24 heavy (non-hydrogen) atoms. The molecule has 2 rings (SSSR count). The molecule has 134 valence electrons. The van der Waals surface area contributed by atoms with Gasteiger partial charge in [0.15, 0.2) is 0 Å². The smallest absolute Gasteiger partial charge is 0.308 e. The van der Waals surface area contributed by atoms with E-state index in [0.29, 0.717) is 11.5 Å².